The Morgan fingerprint density at radius 3 is 3.00 bits per heavy atom. The van der Waals surface area contributed by atoms with Crippen LogP contribution in [-0.4, -0.2) is 23.2 Å². The van der Waals surface area contributed by atoms with Gasteiger partial charge in [-0.3, -0.25) is 15.1 Å². The largest absolute Gasteiger partial charge is 0.453 e. The Kier molecular flexibility index (Phi) is 2.48. The van der Waals surface area contributed by atoms with Crippen molar-refractivity contribution in [2.45, 2.75) is 0 Å². The van der Waals surface area contributed by atoms with Gasteiger partial charge in [-0.25, -0.2) is 4.79 Å². The zero-order valence-electron chi connectivity index (χ0n) is 6.83. The highest BCUT2D eigenvalue weighted by molar-refractivity contribution is 5.83. The van der Waals surface area contributed by atoms with E-state index in [1.165, 1.54) is 7.11 Å². The standard InChI is InChI=1S/C6H8N4O3/c1-13-6(12)9-3-2-4(11)10-5(7)8-3/h2H,1H3,(H4,7,8,9,10,11,12). The minimum Gasteiger partial charge on any atom is -0.453 e. The van der Waals surface area contributed by atoms with Crippen LogP contribution < -0.4 is 16.6 Å². The van der Waals surface area contributed by atoms with E-state index >= 15 is 0 Å². The number of rotatable bonds is 1. The Morgan fingerprint density at radius 1 is 1.77 bits per heavy atom. The number of aromatic amines is 1. The monoisotopic (exact) mass is 184 g/mol. The zero-order valence-corrected chi connectivity index (χ0v) is 6.83. The van der Waals surface area contributed by atoms with Gasteiger partial charge in [0.2, 0.25) is 5.95 Å². The van der Waals surface area contributed by atoms with Crippen molar-refractivity contribution >= 4 is 17.9 Å². The Balaban J connectivity index is 2.89. The molecule has 4 N–H and O–H groups in total. The lowest BCUT2D eigenvalue weighted by atomic mass is 10.6. The van der Waals surface area contributed by atoms with Crippen LogP contribution in [-0.2, 0) is 4.74 Å². The molecule has 13 heavy (non-hydrogen) atoms. The molecule has 7 heteroatoms. The highest BCUT2D eigenvalue weighted by Gasteiger charge is 2.02. The molecule has 7 nitrogen and oxygen atoms in total. The third-order valence-electron chi connectivity index (χ3n) is 1.18. The van der Waals surface area contributed by atoms with Crippen LogP contribution in [0.2, 0.25) is 0 Å². The first-order valence-corrected chi connectivity index (χ1v) is 3.33. The van der Waals surface area contributed by atoms with Crippen LogP contribution >= 0.6 is 0 Å². The fourth-order valence-electron chi connectivity index (χ4n) is 0.696. The number of anilines is 2. The van der Waals surface area contributed by atoms with Gasteiger partial charge in [0.05, 0.1) is 7.11 Å². The number of amides is 1. The van der Waals surface area contributed by atoms with E-state index in [2.05, 4.69) is 20.0 Å². The van der Waals surface area contributed by atoms with Crippen LogP contribution in [0.5, 0.6) is 0 Å². The number of hydrogen-bond donors (Lipinski definition) is 3. The number of nitrogen functional groups attached to an aromatic ring is 1. The number of carbonyl (C=O) groups is 1. The molecule has 70 valence electrons. The van der Waals surface area contributed by atoms with Gasteiger partial charge in [0, 0.05) is 6.07 Å². The van der Waals surface area contributed by atoms with Crippen LogP contribution in [0.4, 0.5) is 16.6 Å². The smallest absolute Gasteiger partial charge is 0.412 e. The molecule has 0 spiro atoms. The summed E-state index contributed by atoms with van der Waals surface area (Å²) in [7, 11) is 1.20. The topological polar surface area (TPSA) is 110 Å². The van der Waals surface area contributed by atoms with Gasteiger partial charge in [0.15, 0.2) is 0 Å². The summed E-state index contributed by atoms with van der Waals surface area (Å²) in [5.74, 6) is -0.0213. The molecule has 0 saturated carbocycles. The molecule has 0 fully saturated rings. The van der Waals surface area contributed by atoms with Crippen LogP contribution in [0.1, 0.15) is 0 Å². The molecule has 0 aliphatic heterocycles. The van der Waals surface area contributed by atoms with Crippen LogP contribution in [0.3, 0.4) is 0 Å². The number of nitrogens with one attached hydrogen (secondary N) is 2. The Hall–Kier alpha value is -2.05. The molecule has 1 aromatic heterocycles. The van der Waals surface area contributed by atoms with E-state index in [0.29, 0.717) is 0 Å². The second kappa shape index (κ2) is 3.57. The number of hydrogen-bond acceptors (Lipinski definition) is 5. The minimum absolute atomic E-state index is 0.0492. The van der Waals surface area contributed by atoms with Crippen molar-refractivity contribution in [1.29, 1.82) is 0 Å². The summed E-state index contributed by atoms with van der Waals surface area (Å²) in [6, 6.07) is 1.09. The van der Waals surface area contributed by atoms with Crippen LogP contribution in [0.15, 0.2) is 10.9 Å². The normalized spacial score (nSPS) is 9.31. The lowest BCUT2D eigenvalue weighted by Gasteiger charge is -2.01. The van der Waals surface area contributed by atoms with Gasteiger partial charge in [-0.05, 0) is 0 Å². The average molecular weight is 184 g/mol. The first-order valence-electron chi connectivity index (χ1n) is 3.33. The van der Waals surface area contributed by atoms with E-state index in [-0.39, 0.29) is 11.8 Å². The lowest BCUT2D eigenvalue weighted by Crippen LogP contribution is -2.17. The number of ether oxygens (including phenoxy) is 1. The molecule has 0 aromatic carbocycles. The number of methoxy groups -OCH3 is 1. The maximum atomic E-state index is 10.8. The van der Waals surface area contributed by atoms with Gasteiger partial charge in [0.1, 0.15) is 5.82 Å². The summed E-state index contributed by atoms with van der Waals surface area (Å²) < 4.78 is 4.29. The fraction of sp³-hybridized carbons (Fsp3) is 0.167. The molecule has 1 aromatic rings. The molecule has 0 saturated heterocycles. The molecule has 0 aliphatic rings. The van der Waals surface area contributed by atoms with E-state index in [9.17, 15) is 9.59 Å². The second-order valence-corrected chi connectivity index (χ2v) is 2.13. The third kappa shape index (κ3) is 2.47. The molecule has 0 radical (unpaired) electrons. The van der Waals surface area contributed by atoms with Gasteiger partial charge < -0.3 is 10.5 Å². The summed E-state index contributed by atoms with van der Waals surface area (Å²) in [5.41, 5.74) is 4.77. The molecule has 0 aliphatic carbocycles. The molecule has 0 unspecified atom stereocenters. The molecule has 1 rings (SSSR count). The molecule has 1 amide bonds. The summed E-state index contributed by atoms with van der Waals surface area (Å²) in [4.78, 5) is 27.3. The van der Waals surface area contributed by atoms with Gasteiger partial charge in [-0.15, -0.1) is 0 Å². The number of nitrogens with two attached hydrogens (primary N) is 1. The Morgan fingerprint density at radius 2 is 2.46 bits per heavy atom. The van der Waals surface area contributed by atoms with Crippen LogP contribution in [0.25, 0.3) is 0 Å². The van der Waals surface area contributed by atoms with Gasteiger partial charge in [-0.2, -0.15) is 4.98 Å². The zero-order chi connectivity index (χ0) is 9.84. The van der Waals surface area contributed by atoms with Crippen LogP contribution in [0, 0.1) is 0 Å². The number of nitrogens with zero attached hydrogens (tertiary/aromatic N) is 1. The first kappa shape index (κ1) is 9.04. The molecule has 1 heterocycles. The lowest BCUT2D eigenvalue weighted by molar-refractivity contribution is 0.187. The van der Waals surface area contributed by atoms with Crippen molar-refractivity contribution in [3.8, 4) is 0 Å². The van der Waals surface area contributed by atoms with E-state index in [4.69, 9.17) is 5.73 Å². The second-order valence-electron chi connectivity index (χ2n) is 2.13. The molecular weight excluding hydrogens is 176 g/mol. The first-order chi connectivity index (χ1) is 6.11. The molecular formula is C6H8N4O3. The predicted molar refractivity (Wildman–Crippen MR) is 45.3 cm³/mol. The van der Waals surface area contributed by atoms with E-state index in [1.807, 2.05) is 0 Å². The number of aromatic nitrogens is 2. The number of carbonyl (C=O) groups excluding carboxylic acids is 1. The van der Waals surface area contributed by atoms with Gasteiger partial charge in [0.25, 0.3) is 5.56 Å². The van der Waals surface area contributed by atoms with E-state index in [0.717, 1.165) is 6.07 Å². The third-order valence-corrected chi connectivity index (χ3v) is 1.18. The highest BCUT2D eigenvalue weighted by atomic mass is 16.5. The van der Waals surface area contributed by atoms with Crippen molar-refractivity contribution in [3.05, 3.63) is 16.4 Å². The molecule has 0 atom stereocenters. The van der Waals surface area contributed by atoms with Crippen molar-refractivity contribution in [1.82, 2.24) is 9.97 Å². The maximum absolute atomic E-state index is 10.8. The summed E-state index contributed by atoms with van der Waals surface area (Å²) >= 11 is 0. The summed E-state index contributed by atoms with van der Waals surface area (Å²) in [5, 5.41) is 2.20. The van der Waals surface area contributed by atoms with Crippen molar-refractivity contribution in [2.24, 2.45) is 0 Å². The predicted octanol–water partition coefficient (Wildman–Crippen LogP) is -0.470. The quantitative estimate of drug-likeness (QED) is 0.546. The maximum Gasteiger partial charge on any atom is 0.412 e. The average Bonchev–Trinajstić information content (AvgIpc) is 2.02. The number of H-pyrrole nitrogens is 1. The Labute approximate surface area is 72.9 Å². The fourth-order valence-corrected chi connectivity index (χ4v) is 0.696. The van der Waals surface area contributed by atoms with Crippen molar-refractivity contribution in [3.63, 3.8) is 0 Å². The van der Waals surface area contributed by atoms with E-state index in [1.54, 1.807) is 0 Å². The van der Waals surface area contributed by atoms with Gasteiger partial charge in [-0.1, -0.05) is 0 Å². The molecule has 0 bridgehead atoms. The Bertz CT molecular complexity index is 372. The van der Waals surface area contributed by atoms with Crippen molar-refractivity contribution < 1.29 is 9.53 Å². The van der Waals surface area contributed by atoms with Crippen molar-refractivity contribution in [2.75, 3.05) is 18.2 Å². The summed E-state index contributed by atoms with van der Waals surface area (Å²) in [6.45, 7) is 0. The summed E-state index contributed by atoms with van der Waals surface area (Å²) in [6.07, 6.45) is -0.711. The SMILES string of the molecule is COC(=O)Nc1cc(=O)[nH]c(N)n1. The highest BCUT2D eigenvalue weighted by Crippen LogP contribution is 1.99. The van der Waals surface area contributed by atoms with Gasteiger partial charge >= 0.3 is 6.09 Å². The minimum atomic E-state index is -0.711. The van der Waals surface area contributed by atoms with E-state index < -0.39 is 11.7 Å².